The van der Waals surface area contributed by atoms with Crippen molar-refractivity contribution in [2.24, 2.45) is 10.9 Å². The molecule has 138 valence electrons. The van der Waals surface area contributed by atoms with E-state index in [9.17, 15) is 9.59 Å². The Morgan fingerprint density at radius 3 is 2.60 bits per heavy atom. The van der Waals surface area contributed by atoms with Crippen LogP contribution in [0.5, 0.6) is 0 Å². The molecule has 0 aromatic heterocycles. The fourth-order valence-electron chi connectivity index (χ4n) is 2.20. The van der Waals surface area contributed by atoms with Gasteiger partial charge in [0.1, 0.15) is 0 Å². The molecule has 1 atom stereocenters. The van der Waals surface area contributed by atoms with E-state index < -0.39 is 0 Å². The van der Waals surface area contributed by atoms with Crippen LogP contribution in [0.4, 0.5) is 0 Å². The van der Waals surface area contributed by atoms with Crippen LogP contribution in [0.2, 0.25) is 0 Å². The molecule has 1 amide bonds. The molecular formula is C18H28N4O3. The molecule has 1 rings (SSSR count). The third kappa shape index (κ3) is 6.82. The predicted octanol–water partition coefficient (Wildman–Crippen LogP) is 0.905. The van der Waals surface area contributed by atoms with Gasteiger partial charge in [-0.2, -0.15) is 0 Å². The van der Waals surface area contributed by atoms with E-state index in [1.807, 2.05) is 24.3 Å². The van der Waals surface area contributed by atoms with Crippen molar-refractivity contribution in [2.75, 3.05) is 41.3 Å². The van der Waals surface area contributed by atoms with Crippen molar-refractivity contribution in [1.29, 1.82) is 0 Å². The number of esters is 1. The van der Waals surface area contributed by atoms with Gasteiger partial charge in [-0.15, -0.1) is 0 Å². The van der Waals surface area contributed by atoms with Crippen LogP contribution in [-0.4, -0.2) is 64.1 Å². The average molecular weight is 348 g/mol. The van der Waals surface area contributed by atoms with E-state index in [1.165, 1.54) is 7.11 Å². The van der Waals surface area contributed by atoms with Gasteiger partial charge in [-0.1, -0.05) is 19.1 Å². The monoisotopic (exact) mass is 348 g/mol. The number of ether oxygens (including phenoxy) is 1. The molecule has 0 aliphatic heterocycles. The van der Waals surface area contributed by atoms with Gasteiger partial charge < -0.3 is 20.3 Å². The molecule has 0 saturated carbocycles. The largest absolute Gasteiger partial charge is 0.469 e. The van der Waals surface area contributed by atoms with Crippen LogP contribution >= 0.6 is 0 Å². The van der Waals surface area contributed by atoms with E-state index in [1.54, 1.807) is 33.0 Å². The number of hydrogen-bond donors (Lipinski definition) is 2. The molecule has 1 aromatic rings. The first-order valence-electron chi connectivity index (χ1n) is 8.22. The zero-order valence-electron chi connectivity index (χ0n) is 15.6. The van der Waals surface area contributed by atoms with E-state index in [0.717, 1.165) is 12.0 Å². The zero-order chi connectivity index (χ0) is 18.8. The number of benzene rings is 1. The van der Waals surface area contributed by atoms with Crippen LogP contribution in [0.3, 0.4) is 0 Å². The lowest BCUT2D eigenvalue weighted by atomic mass is 10.1. The van der Waals surface area contributed by atoms with Gasteiger partial charge in [0.15, 0.2) is 5.96 Å². The van der Waals surface area contributed by atoms with E-state index in [2.05, 4.69) is 15.6 Å². The third-order valence-electron chi connectivity index (χ3n) is 3.69. The lowest BCUT2D eigenvalue weighted by molar-refractivity contribution is -0.144. The van der Waals surface area contributed by atoms with Gasteiger partial charge in [0.25, 0.3) is 5.91 Å². The first-order valence-corrected chi connectivity index (χ1v) is 8.22. The molecule has 7 nitrogen and oxygen atoms in total. The van der Waals surface area contributed by atoms with Crippen LogP contribution in [0.15, 0.2) is 29.3 Å². The molecule has 2 N–H and O–H groups in total. The summed E-state index contributed by atoms with van der Waals surface area (Å²) in [6.07, 6.45) is 0.752. The maximum Gasteiger partial charge on any atom is 0.310 e. The second-order valence-electron chi connectivity index (χ2n) is 5.95. The number of nitrogens with one attached hydrogen (secondary N) is 2. The minimum Gasteiger partial charge on any atom is -0.469 e. The van der Waals surface area contributed by atoms with Gasteiger partial charge in [0.2, 0.25) is 0 Å². The fourth-order valence-corrected chi connectivity index (χ4v) is 2.20. The highest BCUT2D eigenvalue weighted by molar-refractivity contribution is 5.94. The Morgan fingerprint density at radius 2 is 2.00 bits per heavy atom. The Bertz CT molecular complexity index is 614. The highest BCUT2D eigenvalue weighted by atomic mass is 16.5. The SMILES string of the molecule is CN=C(NCCc1cccc(C(=O)N(C)C)c1)NCC(C)C(=O)OC. The quantitative estimate of drug-likeness (QED) is 0.435. The number of carbonyl (C=O) groups excluding carboxylic acids is 2. The van der Waals surface area contributed by atoms with Crippen LogP contribution in [0.1, 0.15) is 22.8 Å². The number of hydrogen-bond acceptors (Lipinski definition) is 4. The summed E-state index contributed by atoms with van der Waals surface area (Å²) in [5, 5.41) is 6.29. The lowest BCUT2D eigenvalue weighted by Crippen LogP contribution is -2.41. The van der Waals surface area contributed by atoms with Gasteiger partial charge in [-0.3, -0.25) is 14.6 Å². The summed E-state index contributed by atoms with van der Waals surface area (Å²) in [5.41, 5.74) is 1.75. The summed E-state index contributed by atoms with van der Waals surface area (Å²) in [6.45, 7) is 2.89. The second-order valence-corrected chi connectivity index (χ2v) is 5.95. The molecule has 1 unspecified atom stereocenters. The zero-order valence-corrected chi connectivity index (χ0v) is 15.6. The number of nitrogens with zero attached hydrogens (tertiary/aromatic N) is 2. The van der Waals surface area contributed by atoms with Crippen molar-refractivity contribution in [3.63, 3.8) is 0 Å². The Hall–Kier alpha value is -2.57. The maximum atomic E-state index is 12.0. The van der Waals surface area contributed by atoms with Gasteiger partial charge in [0.05, 0.1) is 13.0 Å². The maximum absolute atomic E-state index is 12.0. The summed E-state index contributed by atoms with van der Waals surface area (Å²) < 4.78 is 4.69. The summed E-state index contributed by atoms with van der Waals surface area (Å²) in [4.78, 5) is 29.1. The Balaban J connectivity index is 2.49. The van der Waals surface area contributed by atoms with Crippen LogP contribution in [0, 0.1) is 5.92 Å². The summed E-state index contributed by atoms with van der Waals surface area (Å²) in [5.74, 6) is 0.1000. The Morgan fingerprint density at radius 1 is 1.28 bits per heavy atom. The van der Waals surface area contributed by atoms with Gasteiger partial charge >= 0.3 is 5.97 Å². The smallest absolute Gasteiger partial charge is 0.310 e. The highest BCUT2D eigenvalue weighted by Crippen LogP contribution is 2.07. The van der Waals surface area contributed by atoms with Crippen LogP contribution < -0.4 is 10.6 Å². The van der Waals surface area contributed by atoms with Gasteiger partial charge in [-0.25, -0.2) is 0 Å². The summed E-state index contributed by atoms with van der Waals surface area (Å²) in [7, 11) is 6.53. The Kier molecular flexibility index (Phi) is 8.46. The van der Waals surface area contributed by atoms with Crippen molar-refractivity contribution in [2.45, 2.75) is 13.3 Å². The standard InChI is InChI=1S/C18H28N4O3/c1-13(17(24)25-5)12-21-18(19-2)20-10-9-14-7-6-8-15(11-14)16(23)22(3)4/h6-8,11,13H,9-10,12H2,1-5H3,(H2,19,20,21). The van der Waals surface area contributed by atoms with Crippen molar-refractivity contribution >= 4 is 17.8 Å². The number of amides is 1. The van der Waals surface area contributed by atoms with Gasteiger partial charge in [-0.05, 0) is 24.1 Å². The minimum absolute atomic E-state index is 0.0101. The van der Waals surface area contributed by atoms with E-state index in [-0.39, 0.29) is 17.8 Å². The van der Waals surface area contributed by atoms with Crippen LogP contribution in [-0.2, 0) is 16.0 Å². The molecule has 0 heterocycles. The molecule has 0 bridgehead atoms. The van der Waals surface area contributed by atoms with Crippen molar-refractivity contribution in [1.82, 2.24) is 15.5 Å². The summed E-state index contributed by atoms with van der Waals surface area (Å²) >= 11 is 0. The van der Waals surface area contributed by atoms with E-state index in [4.69, 9.17) is 4.74 Å². The normalized spacial score (nSPS) is 12.3. The average Bonchev–Trinajstić information content (AvgIpc) is 2.62. The Labute approximate surface area is 149 Å². The topological polar surface area (TPSA) is 83.0 Å². The first kappa shape index (κ1) is 20.5. The molecule has 0 aliphatic rings. The highest BCUT2D eigenvalue weighted by Gasteiger charge is 2.13. The lowest BCUT2D eigenvalue weighted by Gasteiger charge is -2.15. The van der Waals surface area contributed by atoms with E-state index >= 15 is 0 Å². The van der Waals surface area contributed by atoms with Crippen molar-refractivity contribution in [3.8, 4) is 0 Å². The van der Waals surface area contributed by atoms with E-state index in [0.29, 0.717) is 24.6 Å². The molecule has 0 aliphatic carbocycles. The molecule has 0 saturated heterocycles. The molecule has 1 aromatic carbocycles. The number of aliphatic imine (C=N–C) groups is 1. The molecule has 7 heteroatoms. The molecular weight excluding hydrogens is 320 g/mol. The predicted molar refractivity (Wildman–Crippen MR) is 98.7 cm³/mol. The van der Waals surface area contributed by atoms with Crippen molar-refractivity contribution in [3.05, 3.63) is 35.4 Å². The number of carbonyl (C=O) groups is 2. The summed E-state index contributed by atoms with van der Waals surface area (Å²) in [6, 6.07) is 7.59. The molecule has 25 heavy (non-hydrogen) atoms. The number of rotatable bonds is 7. The molecule has 0 radical (unpaired) electrons. The second kappa shape index (κ2) is 10.3. The van der Waals surface area contributed by atoms with Gasteiger partial charge in [0, 0.05) is 39.8 Å². The molecule has 0 fully saturated rings. The number of methoxy groups -OCH3 is 1. The van der Waals surface area contributed by atoms with Crippen LogP contribution in [0.25, 0.3) is 0 Å². The first-order chi connectivity index (χ1) is 11.9. The van der Waals surface area contributed by atoms with Crippen molar-refractivity contribution < 1.29 is 14.3 Å². The molecule has 0 spiro atoms. The minimum atomic E-state index is -0.259. The number of guanidine groups is 1. The fraction of sp³-hybridized carbons (Fsp3) is 0.500. The third-order valence-corrected chi connectivity index (χ3v) is 3.69.